The van der Waals surface area contributed by atoms with Crippen LogP contribution in [0.3, 0.4) is 0 Å². The Bertz CT molecular complexity index is 1130. The summed E-state index contributed by atoms with van der Waals surface area (Å²) in [6, 6.07) is 12.8. The largest absolute Gasteiger partial charge is 0.324 e. The van der Waals surface area contributed by atoms with Crippen LogP contribution < -0.4 is 10.6 Å². The molecule has 0 radical (unpaired) electrons. The van der Waals surface area contributed by atoms with Gasteiger partial charge in [-0.1, -0.05) is 46.7 Å². The third kappa shape index (κ3) is 5.26. The lowest BCUT2D eigenvalue weighted by Gasteiger charge is -2.31. The van der Waals surface area contributed by atoms with Crippen molar-refractivity contribution in [3.8, 4) is 0 Å². The second kappa shape index (κ2) is 9.67. The SMILES string of the molecule is Cc1ccc(NC(=O)c2nnc(C3CCCN(C(=O)Nc4cc(Cl)ccc4C)C3)s2)cc1. The van der Waals surface area contributed by atoms with Gasteiger partial charge < -0.3 is 15.5 Å². The number of anilines is 2. The minimum Gasteiger partial charge on any atom is -0.324 e. The summed E-state index contributed by atoms with van der Waals surface area (Å²) in [5, 5.41) is 15.8. The minimum atomic E-state index is -0.278. The first-order valence-electron chi connectivity index (χ1n) is 10.4. The standard InChI is InChI=1S/C23H24ClN5O2S/c1-14-5-9-18(10-6-14)25-20(30)22-28-27-21(32-22)16-4-3-11-29(13-16)23(31)26-19-12-17(24)8-7-15(19)2/h5-10,12,16H,3-4,11,13H2,1-2H3,(H,25,30)(H,26,31). The molecule has 2 N–H and O–H groups in total. The lowest BCUT2D eigenvalue weighted by atomic mass is 9.99. The van der Waals surface area contributed by atoms with E-state index in [1.807, 2.05) is 44.2 Å². The fourth-order valence-corrected chi connectivity index (χ4v) is 4.64. The van der Waals surface area contributed by atoms with E-state index in [9.17, 15) is 9.59 Å². The van der Waals surface area contributed by atoms with Crippen molar-refractivity contribution in [1.29, 1.82) is 0 Å². The Morgan fingerprint density at radius 2 is 1.88 bits per heavy atom. The predicted molar refractivity (Wildman–Crippen MR) is 128 cm³/mol. The van der Waals surface area contributed by atoms with Gasteiger partial charge in [-0.25, -0.2) is 4.79 Å². The normalized spacial score (nSPS) is 16.0. The third-order valence-corrected chi connectivity index (χ3v) is 6.76. The van der Waals surface area contributed by atoms with Crippen LogP contribution in [0.25, 0.3) is 0 Å². The summed E-state index contributed by atoms with van der Waals surface area (Å²) in [7, 11) is 0. The van der Waals surface area contributed by atoms with Gasteiger partial charge in [-0.15, -0.1) is 10.2 Å². The number of rotatable bonds is 4. The number of likely N-dealkylation sites (tertiary alicyclic amines) is 1. The average Bonchev–Trinajstić information content (AvgIpc) is 3.28. The molecule has 3 aromatic rings. The highest BCUT2D eigenvalue weighted by Gasteiger charge is 2.28. The van der Waals surface area contributed by atoms with Crippen LogP contribution in [0, 0.1) is 13.8 Å². The number of nitrogens with one attached hydrogen (secondary N) is 2. The number of amides is 3. The van der Waals surface area contributed by atoms with E-state index in [1.165, 1.54) is 11.3 Å². The summed E-state index contributed by atoms with van der Waals surface area (Å²) in [6.45, 7) is 5.11. The molecule has 0 spiro atoms. The highest BCUT2D eigenvalue weighted by molar-refractivity contribution is 7.13. The van der Waals surface area contributed by atoms with Gasteiger partial charge in [-0.2, -0.15) is 0 Å². The number of aryl methyl sites for hydroxylation is 2. The Kier molecular flexibility index (Phi) is 6.72. The summed E-state index contributed by atoms with van der Waals surface area (Å²) in [4.78, 5) is 27.1. The molecule has 32 heavy (non-hydrogen) atoms. The molecule has 2 heterocycles. The topological polar surface area (TPSA) is 87.2 Å². The molecule has 1 fully saturated rings. The molecule has 7 nitrogen and oxygen atoms in total. The molecule has 3 amide bonds. The Morgan fingerprint density at radius 1 is 1.09 bits per heavy atom. The van der Waals surface area contributed by atoms with Gasteiger partial charge >= 0.3 is 6.03 Å². The number of hydrogen-bond acceptors (Lipinski definition) is 5. The zero-order valence-corrected chi connectivity index (χ0v) is 19.5. The number of carbonyl (C=O) groups is 2. The van der Waals surface area contributed by atoms with Gasteiger partial charge in [0.2, 0.25) is 5.01 Å². The van der Waals surface area contributed by atoms with Crippen molar-refractivity contribution in [2.75, 3.05) is 23.7 Å². The predicted octanol–water partition coefficient (Wildman–Crippen LogP) is 5.47. The lowest BCUT2D eigenvalue weighted by Crippen LogP contribution is -2.41. The number of piperidine rings is 1. The lowest BCUT2D eigenvalue weighted by molar-refractivity contribution is 0.102. The summed E-state index contributed by atoms with van der Waals surface area (Å²) in [6.07, 6.45) is 1.76. The van der Waals surface area contributed by atoms with Gasteiger partial charge in [0.05, 0.1) is 0 Å². The summed E-state index contributed by atoms with van der Waals surface area (Å²) in [5.41, 5.74) is 3.49. The van der Waals surface area contributed by atoms with Crippen molar-refractivity contribution < 1.29 is 9.59 Å². The van der Waals surface area contributed by atoms with E-state index in [4.69, 9.17) is 11.6 Å². The number of aromatic nitrogens is 2. The Morgan fingerprint density at radius 3 is 2.66 bits per heavy atom. The van der Waals surface area contributed by atoms with Crippen LogP contribution in [0.15, 0.2) is 42.5 Å². The molecule has 166 valence electrons. The van der Waals surface area contributed by atoms with Crippen molar-refractivity contribution in [1.82, 2.24) is 15.1 Å². The molecule has 1 aliphatic rings. The van der Waals surface area contributed by atoms with Crippen molar-refractivity contribution in [2.24, 2.45) is 0 Å². The fraction of sp³-hybridized carbons (Fsp3) is 0.304. The van der Waals surface area contributed by atoms with Crippen LogP contribution in [0.5, 0.6) is 0 Å². The zero-order valence-electron chi connectivity index (χ0n) is 17.9. The summed E-state index contributed by atoms with van der Waals surface area (Å²) < 4.78 is 0. The van der Waals surface area contributed by atoms with Crippen LogP contribution in [-0.4, -0.2) is 40.1 Å². The van der Waals surface area contributed by atoms with Crippen LogP contribution in [-0.2, 0) is 0 Å². The van der Waals surface area contributed by atoms with E-state index in [1.54, 1.807) is 17.0 Å². The number of hydrogen-bond donors (Lipinski definition) is 2. The van der Waals surface area contributed by atoms with Crippen LogP contribution >= 0.6 is 22.9 Å². The fourth-order valence-electron chi connectivity index (χ4n) is 3.60. The van der Waals surface area contributed by atoms with Gasteiger partial charge in [0.1, 0.15) is 5.01 Å². The number of urea groups is 1. The first-order chi connectivity index (χ1) is 15.4. The van der Waals surface area contributed by atoms with Crippen molar-refractivity contribution >= 4 is 46.3 Å². The monoisotopic (exact) mass is 469 g/mol. The third-order valence-electron chi connectivity index (χ3n) is 5.44. The maximum atomic E-state index is 12.8. The number of benzene rings is 2. The number of carbonyl (C=O) groups excluding carboxylic acids is 2. The minimum absolute atomic E-state index is 0.0494. The quantitative estimate of drug-likeness (QED) is 0.530. The maximum Gasteiger partial charge on any atom is 0.321 e. The highest BCUT2D eigenvalue weighted by atomic mass is 35.5. The Balaban J connectivity index is 1.39. The first kappa shape index (κ1) is 22.2. The molecule has 0 saturated carbocycles. The Hall–Kier alpha value is -2.97. The maximum absolute atomic E-state index is 12.8. The molecule has 1 aliphatic heterocycles. The first-order valence-corrected chi connectivity index (χ1v) is 11.6. The van der Waals surface area contributed by atoms with E-state index in [0.29, 0.717) is 34.5 Å². The van der Waals surface area contributed by atoms with Crippen molar-refractivity contribution in [3.63, 3.8) is 0 Å². The molecule has 4 rings (SSSR count). The van der Waals surface area contributed by atoms with Crippen molar-refractivity contribution in [2.45, 2.75) is 32.6 Å². The van der Waals surface area contributed by atoms with Gasteiger partial charge in [-0.05, 0) is 56.5 Å². The molecule has 1 saturated heterocycles. The van der Waals surface area contributed by atoms with Crippen LogP contribution in [0.1, 0.15) is 44.7 Å². The van der Waals surface area contributed by atoms with Crippen LogP contribution in [0.4, 0.5) is 16.2 Å². The van der Waals surface area contributed by atoms with Gasteiger partial charge in [0.25, 0.3) is 5.91 Å². The molecule has 1 aromatic heterocycles. The van der Waals surface area contributed by atoms with Crippen molar-refractivity contribution in [3.05, 3.63) is 68.6 Å². The molecular weight excluding hydrogens is 446 g/mol. The Labute approximate surface area is 195 Å². The highest BCUT2D eigenvalue weighted by Crippen LogP contribution is 2.30. The second-order valence-corrected chi connectivity index (χ2v) is 9.39. The molecule has 2 aromatic carbocycles. The van der Waals surface area contributed by atoms with E-state index < -0.39 is 0 Å². The van der Waals surface area contributed by atoms with E-state index in [-0.39, 0.29) is 17.9 Å². The van der Waals surface area contributed by atoms with E-state index in [2.05, 4.69) is 20.8 Å². The smallest absolute Gasteiger partial charge is 0.321 e. The molecule has 9 heteroatoms. The van der Waals surface area contributed by atoms with Gasteiger partial charge in [-0.3, -0.25) is 4.79 Å². The molecule has 1 atom stereocenters. The summed E-state index contributed by atoms with van der Waals surface area (Å²) in [5.74, 6) is -0.229. The zero-order chi connectivity index (χ0) is 22.7. The molecular formula is C23H24ClN5O2S. The van der Waals surface area contributed by atoms with Gasteiger partial charge in [0.15, 0.2) is 0 Å². The number of nitrogens with zero attached hydrogens (tertiary/aromatic N) is 3. The van der Waals surface area contributed by atoms with E-state index >= 15 is 0 Å². The number of halogens is 1. The second-order valence-electron chi connectivity index (χ2n) is 7.94. The molecule has 0 aliphatic carbocycles. The molecule has 0 bridgehead atoms. The van der Waals surface area contributed by atoms with E-state index in [0.717, 1.165) is 29.0 Å². The van der Waals surface area contributed by atoms with Crippen LogP contribution in [0.2, 0.25) is 5.02 Å². The van der Waals surface area contributed by atoms with Gasteiger partial charge in [0, 0.05) is 35.4 Å². The summed E-state index contributed by atoms with van der Waals surface area (Å²) >= 11 is 7.35. The average molecular weight is 470 g/mol. The molecule has 1 unspecified atom stereocenters.